The third-order valence-electron chi connectivity index (χ3n) is 3.89. The molecule has 0 fully saturated rings. The largest absolute Gasteiger partial charge is 0.543 e. The van der Waals surface area contributed by atoms with Gasteiger partial charge in [0.2, 0.25) is 8.32 Å². The van der Waals surface area contributed by atoms with Crippen molar-refractivity contribution in [1.29, 1.82) is 0 Å². The van der Waals surface area contributed by atoms with Crippen molar-refractivity contribution in [1.82, 2.24) is 0 Å². The summed E-state index contributed by atoms with van der Waals surface area (Å²) in [6, 6.07) is 18.8. The second-order valence-corrected chi connectivity index (χ2v) is 12.8. The van der Waals surface area contributed by atoms with E-state index in [9.17, 15) is 0 Å². The van der Waals surface area contributed by atoms with Crippen molar-refractivity contribution in [2.24, 2.45) is 4.99 Å². The van der Waals surface area contributed by atoms with Crippen LogP contribution in [0.2, 0.25) is 19.6 Å². The fourth-order valence-electron chi connectivity index (χ4n) is 2.70. The molecule has 0 spiro atoms. The summed E-state index contributed by atoms with van der Waals surface area (Å²) in [7, 11) is -1.73. The van der Waals surface area contributed by atoms with Crippen LogP contribution >= 0.6 is 11.3 Å². The van der Waals surface area contributed by atoms with E-state index in [-0.39, 0.29) is 0 Å². The molecule has 0 aliphatic carbocycles. The summed E-state index contributed by atoms with van der Waals surface area (Å²) >= 11 is 1.73. The summed E-state index contributed by atoms with van der Waals surface area (Å²) in [5.41, 5.74) is 5.45. The van der Waals surface area contributed by atoms with Gasteiger partial charge in [-0.2, -0.15) is 0 Å². The zero-order valence-electron chi connectivity index (χ0n) is 16.0. The lowest BCUT2D eigenvalue weighted by atomic mass is 10.1. The lowest BCUT2D eigenvalue weighted by Gasteiger charge is -2.21. The first-order valence-electron chi connectivity index (χ1n) is 8.82. The van der Waals surface area contributed by atoms with E-state index in [0.717, 1.165) is 22.7 Å². The van der Waals surface area contributed by atoms with Crippen LogP contribution in [0, 0.1) is 13.8 Å². The predicted octanol–water partition coefficient (Wildman–Crippen LogP) is 6.75. The molecule has 0 N–H and O–H groups in total. The van der Waals surface area contributed by atoms with E-state index < -0.39 is 8.32 Å². The van der Waals surface area contributed by atoms with Crippen LogP contribution in [0.5, 0.6) is 5.75 Å². The molecule has 1 heterocycles. The topological polar surface area (TPSA) is 21.6 Å². The molecule has 0 saturated heterocycles. The first-order chi connectivity index (χ1) is 12.3. The molecular weight excluding hydrogens is 354 g/mol. The van der Waals surface area contributed by atoms with Crippen LogP contribution in [-0.2, 0) is 0 Å². The summed E-state index contributed by atoms with van der Waals surface area (Å²) in [6.07, 6.45) is 0. The number of aryl methyl sites for hydroxylation is 2. The zero-order valence-corrected chi connectivity index (χ0v) is 17.9. The molecule has 4 heteroatoms. The third kappa shape index (κ3) is 4.51. The van der Waals surface area contributed by atoms with Crippen molar-refractivity contribution in [3.8, 4) is 5.75 Å². The lowest BCUT2D eigenvalue weighted by Crippen LogP contribution is -2.29. The molecule has 0 amide bonds. The van der Waals surface area contributed by atoms with Crippen molar-refractivity contribution in [2.75, 3.05) is 0 Å². The highest BCUT2D eigenvalue weighted by Crippen LogP contribution is 2.33. The standard InChI is InChI=1S/C22H25NOSSi/c1-16-11-12-19(20(15-16)24-26(3,4)5)23-21(18-9-7-6-8-10-18)22-17(2)13-14-25-22/h6-15H,1-5H3. The Morgan fingerprint density at radius 2 is 1.69 bits per heavy atom. The van der Waals surface area contributed by atoms with Crippen LogP contribution in [0.3, 0.4) is 0 Å². The minimum absolute atomic E-state index is 0.881. The molecular formula is C22H25NOSSi. The number of nitrogens with zero attached hydrogens (tertiary/aromatic N) is 1. The Kier molecular flexibility index (Phi) is 5.44. The monoisotopic (exact) mass is 379 g/mol. The first-order valence-corrected chi connectivity index (χ1v) is 13.1. The molecule has 26 heavy (non-hydrogen) atoms. The van der Waals surface area contributed by atoms with E-state index in [0.29, 0.717) is 0 Å². The van der Waals surface area contributed by atoms with Crippen molar-refractivity contribution in [3.05, 3.63) is 81.5 Å². The molecule has 3 rings (SSSR count). The Labute approximate surface area is 161 Å². The third-order valence-corrected chi connectivity index (χ3v) is 5.74. The van der Waals surface area contributed by atoms with Crippen LogP contribution in [0.15, 0.2) is 65.0 Å². The molecule has 0 aliphatic heterocycles. The maximum absolute atomic E-state index is 6.33. The minimum Gasteiger partial charge on any atom is -0.543 e. The number of aliphatic imine (C=N–C) groups is 1. The molecule has 134 valence electrons. The van der Waals surface area contributed by atoms with Gasteiger partial charge in [0.15, 0.2) is 0 Å². The van der Waals surface area contributed by atoms with E-state index in [1.165, 1.54) is 16.0 Å². The molecule has 2 aromatic carbocycles. The van der Waals surface area contributed by atoms with Crippen molar-refractivity contribution in [3.63, 3.8) is 0 Å². The van der Waals surface area contributed by atoms with Crippen molar-refractivity contribution < 1.29 is 4.43 Å². The normalized spacial score (nSPS) is 12.3. The van der Waals surface area contributed by atoms with E-state index >= 15 is 0 Å². The van der Waals surface area contributed by atoms with Crippen LogP contribution < -0.4 is 4.43 Å². The SMILES string of the molecule is Cc1ccc(N=C(c2ccccc2)c2sccc2C)c(O[Si](C)(C)C)c1. The zero-order chi connectivity index (χ0) is 18.7. The van der Waals surface area contributed by atoms with Gasteiger partial charge in [0.25, 0.3) is 0 Å². The van der Waals surface area contributed by atoms with Crippen molar-refractivity contribution >= 4 is 31.1 Å². The van der Waals surface area contributed by atoms with Gasteiger partial charge in [0, 0.05) is 5.56 Å². The summed E-state index contributed by atoms with van der Waals surface area (Å²) in [4.78, 5) is 6.29. The summed E-state index contributed by atoms with van der Waals surface area (Å²) in [5, 5.41) is 2.12. The van der Waals surface area contributed by atoms with Gasteiger partial charge < -0.3 is 4.43 Å². The number of rotatable bonds is 5. The molecule has 0 radical (unpaired) electrons. The second kappa shape index (κ2) is 7.60. The van der Waals surface area contributed by atoms with Crippen LogP contribution in [0.25, 0.3) is 0 Å². The molecule has 0 unspecified atom stereocenters. The molecule has 0 atom stereocenters. The predicted molar refractivity (Wildman–Crippen MR) is 116 cm³/mol. The highest BCUT2D eigenvalue weighted by Gasteiger charge is 2.19. The highest BCUT2D eigenvalue weighted by atomic mass is 32.1. The highest BCUT2D eigenvalue weighted by molar-refractivity contribution is 7.12. The van der Waals surface area contributed by atoms with E-state index in [2.05, 4.69) is 87.4 Å². The smallest absolute Gasteiger partial charge is 0.242 e. The average molecular weight is 380 g/mol. The number of thiophene rings is 1. The van der Waals surface area contributed by atoms with Crippen molar-refractivity contribution in [2.45, 2.75) is 33.5 Å². The Morgan fingerprint density at radius 1 is 0.962 bits per heavy atom. The lowest BCUT2D eigenvalue weighted by molar-refractivity contribution is 0.558. The van der Waals surface area contributed by atoms with Crippen LogP contribution in [-0.4, -0.2) is 14.0 Å². The first kappa shape index (κ1) is 18.6. The molecule has 1 aromatic heterocycles. The second-order valence-electron chi connectivity index (χ2n) is 7.44. The van der Waals surface area contributed by atoms with E-state index in [1.807, 2.05) is 6.07 Å². The Hall–Kier alpha value is -2.17. The van der Waals surface area contributed by atoms with Gasteiger partial charge in [-0.15, -0.1) is 11.3 Å². The van der Waals surface area contributed by atoms with Gasteiger partial charge in [0.1, 0.15) is 11.4 Å². The van der Waals surface area contributed by atoms with E-state index in [4.69, 9.17) is 9.42 Å². The summed E-state index contributed by atoms with van der Waals surface area (Å²) < 4.78 is 6.33. The van der Waals surface area contributed by atoms with Gasteiger partial charge in [-0.25, -0.2) is 4.99 Å². The maximum Gasteiger partial charge on any atom is 0.242 e. The number of benzene rings is 2. The molecule has 0 aliphatic rings. The van der Waals surface area contributed by atoms with Gasteiger partial charge in [-0.1, -0.05) is 36.4 Å². The summed E-state index contributed by atoms with van der Waals surface area (Å²) in [6.45, 7) is 10.8. The Morgan fingerprint density at radius 3 is 2.31 bits per heavy atom. The fraction of sp³-hybridized carbons (Fsp3) is 0.227. The fourth-order valence-corrected chi connectivity index (χ4v) is 4.46. The van der Waals surface area contributed by atoms with Gasteiger partial charge in [-0.05, 0) is 68.2 Å². The Bertz CT molecular complexity index is 923. The average Bonchev–Trinajstić information content (AvgIpc) is 2.99. The Balaban J connectivity index is 2.17. The maximum atomic E-state index is 6.33. The number of hydrogen-bond acceptors (Lipinski definition) is 3. The molecule has 3 aromatic rings. The quantitative estimate of drug-likeness (QED) is 0.355. The summed E-state index contributed by atoms with van der Waals surface area (Å²) in [5.74, 6) is 0.881. The van der Waals surface area contributed by atoms with Gasteiger partial charge in [0.05, 0.1) is 10.6 Å². The van der Waals surface area contributed by atoms with E-state index in [1.54, 1.807) is 11.3 Å². The number of hydrogen-bond donors (Lipinski definition) is 0. The van der Waals surface area contributed by atoms with Gasteiger partial charge in [-0.3, -0.25) is 0 Å². The minimum atomic E-state index is -1.73. The molecule has 0 bridgehead atoms. The molecule has 2 nitrogen and oxygen atoms in total. The van der Waals surface area contributed by atoms with Crippen LogP contribution in [0.1, 0.15) is 21.6 Å². The van der Waals surface area contributed by atoms with Crippen LogP contribution in [0.4, 0.5) is 5.69 Å². The molecule has 0 saturated carbocycles. The van der Waals surface area contributed by atoms with Gasteiger partial charge >= 0.3 is 0 Å².